The van der Waals surface area contributed by atoms with Gasteiger partial charge in [0.05, 0.1) is 72.3 Å². The highest BCUT2D eigenvalue weighted by Crippen LogP contribution is 2.43. The van der Waals surface area contributed by atoms with Crippen molar-refractivity contribution in [3.05, 3.63) is 178 Å². The van der Waals surface area contributed by atoms with Gasteiger partial charge in [0.1, 0.15) is 26.0 Å². The number of anilines is 2. The molecule has 0 saturated heterocycles. The van der Waals surface area contributed by atoms with Gasteiger partial charge in [-0.3, -0.25) is 49.0 Å². The van der Waals surface area contributed by atoms with E-state index >= 15 is 0 Å². The first-order valence-electron chi connectivity index (χ1n) is 30.7. The van der Waals surface area contributed by atoms with E-state index < -0.39 is 48.5 Å². The molecular weight excluding hydrogens is 1180 g/mol. The molecule has 6 atom stereocenters. The summed E-state index contributed by atoms with van der Waals surface area (Å²) in [5, 5.41) is 32.1. The maximum Gasteiger partial charge on any atom is 0.416 e. The summed E-state index contributed by atoms with van der Waals surface area (Å²) in [6.45, 7) is 5.80. The van der Waals surface area contributed by atoms with Crippen LogP contribution in [0.5, 0.6) is 23.0 Å². The van der Waals surface area contributed by atoms with Crippen LogP contribution in [0.3, 0.4) is 0 Å². The standard InChI is InChI=1S/C69H73N9O14/c1-40(2)63(74-60(79)20-7-6-12-27-75-61(80)25-26-62(75)81)65(83)71-41(3)64(82)73-47-23-21-42(22-24-47)37-92-69(87)78-54-33-59(57(89-5)31-52(54)67(85)77-36-46-17-11-9-15-44(46)29-55(77)68(78)86)91-39-49-19-13-18-48(72-49)38-90-58-32-53-51(30-56(58)88-4)66(84)76-35-45-16-10-8-14-43(45)28-50(76)34-70-53/h8-11,13-19,21-26,30-34,40-41,50,55,63,65,68,71,83,86H,6-7,12,20,27-29,35-39H2,1-5H3,(H,73,82)(H,74,79)/t41-,50-,55?,63-,65?,68?/m0/s1. The largest absolute Gasteiger partial charge is 0.493 e. The number of aliphatic hydroxyl groups excluding tert-OH is 2. The van der Waals surface area contributed by atoms with Gasteiger partial charge in [0.15, 0.2) is 29.2 Å². The zero-order chi connectivity index (χ0) is 64.7. The zero-order valence-electron chi connectivity index (χ0n) is 51.7. The van der Waals surface area contributed by atoms with Crippen LogP contribution in [-0.2, 0) is 69.7 Å². The number of nitrogens with zero attached hydrogens (tertiary/aromatic N) is 6. The minimum Gasteiger partial charge on any atom is -0.493 e. The van der Waals surface area contributed by atoms with Crippen molar-refractivity contribution in [2.45, 2.75) is 129 Å². The molecule has 0 radical (unpaired) electrons. The van der Waals surface area contributed by atoms with E-state index in [-0.39, 0.29) is 104 Å². The molecule has 7 amide bonds. The quantitative estimate of drug-likeness (QED) is 0.0237. The number of amides is 7. The number of hydrogen-bond acceptors (Lipinski definition) is 17. The molecule has 0 fully saturated rings. The highest BCUT2D eigenvalue weighted by molar-refractivity contribution is 6.13. The van der Waals surface area contributed by atoms with Gasteiger partial charge in [0.25, 0.3) is 23.6 Å². The normalized spacial score (nSPS) is 18.1. The van der Waals surface area contributed by atoms with Gasteiger partial charge in [-0.2, -0.15) is 0 Å². The average molecular weight is 1250 g/mol. The molecule has 6 aromatic rings. The minimum absolute atomic E-state index is 0.0137. The number of methoxy groups -OCH3 is 2. The van der Waals surface area contributed by atoms with E-state index in [0.29, 0.717) is 77.6 Å². The first kappa shape index (κ1) is 63.6. The van der Waals surface area contributed by atoms with Crippen LogP contribution in [0.15, 0.2) is 132 Å². The van der Waals surface area contributed by atoms with Crippen molar-refractivity contribution in [2.24, 2.45) is 10.9 Å². The monoisotopic (exact) mass is 1250 g/mol. The van der Waals surface area contributed by atoms with Crippen LogP contribution in [0.4, 0.5) is 21.9 Å². The molecule has 23 nitrogen and oxygen atoms in total. The molecule has 0 spiro atoms. The number of nitrogens with one attached hydrogen (secondary N) is 3. The average Bonchev–Trinajstić information content (AvgIpc) is 1.58. The number of carbonyl (C=O) groups excluding carboxylic acids is 7. The van der Waals surface area contributed by atoms with Gasteiger partial charge in [-0.25, -0.2) is 9.69 Å². The van der Waals surface area contributed by atoms with Crippen LogP contribution in [0.1, 0.15) is 106 Å². The van der Waals surface area contributed by atoms with Gasteiger partial charge in [0.2, 0.25) is 11.8 Å². The van der Waals surface area contributed by atoms with E-state index in [4.69, 9.17) is 33.7 Å². The summed E-state index contributed by atoms with van der Waals surface area (Å²) >= 11 is 0. The molecule has 11 rings (SSSR count). The Morgan fingerprint density at radius 3 is 1.93 bits per heavy atom. The number of aliphatic imine (C=N–C) groups is 1. The lowest BCUT2D eigenvalue weighted by Gasteiger charge is -2.39. The van der Waals surface area contributed by atoms with Crippen LogP contribution in [0, 0.1) is 5.92 Å². The molecule has 92 heavy (non-hydrogen) atoms. The molecule has 478 valence electrons. The highest BCUT2D eigenvalue weighted by Gasteiger charge is 2.46. The van der Waals surface area contributed by atoms with Crippen molar-refractivity contribution >= 4 is 64.8 Å². The Hall–Kier alpha value is -9.97. The SMILES string of the molecule is COc1cc2c(cc1OCc1cccc(COc3cc4c(cc3OC)C(=O)N3Cc5ccccc5CC3C(O)N4C(=O)OCc3ccc(NC(=O)[C@H](C)NC(O)[C@@H](NC(=O)CCCCCN4C(=O)C=CC4=O)C(C)C)cc3)n1)N=C[C@@H]1Cc3ccccc3CN1C2=O. The summed E-state index contributed by atoms with van der Waals surface area (Å²) in [6.07, 6.45) is 3.19. The van der Waals surface area contributed by atoms with Crippen LogP contribution >= 0.6 is 0 Å². The van der Waals surface area contributed by atoms with E-state index in [1.54, 1.807) is 66.4 Å². The number of imide groups is 1. The fraction of sp³-hybridized carbons (Fsp3) is 0.348. The summed E-state index contributed by atoms with van der Waals surface area (Å²) in [5.74, 6) is -1.23. The van der Waals surface area contributed by atoms with Crippen LogP contribution < -0.4 is 39.8 Å². The molecule has 5 aromatic carbocycles. The Bertz CT molecular complexity index is 3860. The van der Waals surface area contributed by atoms with Gasteiger partial charge < -0.3 is 54.3 Å². The predicted octanol–water partition coefficient (Wildman–Crippen LogP) is 7.44. The number of ether oxygens (including phenoxy) is 5. The molecule has 6 heterocycles. The van der Waals surface area contributed by atoms with Crippen LogP contribution in [0.25, 0.3) is 0 Å². The minimum atomic E-state index is -1.59. The maximum atomic E-state index is 14.8. The molecule has 1 aromatic heterocycles. The van der Waals surface area contributed by atoms with Crippen molar-refractivity contribution in [2.75, 3.05) is 31.0 Å². The maximum absolute atomic E-state index is 14.8. The van der Waals surface area contributed by atoms with Crippen molar-refractivity contribution in [3.63, 3.8) is 0 Å². The molecule has 0 bridgehead atoms. The third-order valence-electron chi connectivity index (χ3n) is 17.2. The number of pyridine rings is 1. The molecule has 23 heteroatoms. The predicted molar refractivity (Wildman–Crippen MR) is 338 cm³/mol. The van der Waals surface area contributed by atoms with Crippen molar-refractivity contribution in [3.8, 4) is 23.0 Å². The van der Waals surface area contributed by atoms with E-state index in [9.17, 15) is 43.8 Å². The van der Waals surface area contributed by atoms with Crippen LogP contribution in [-0.4, -0.2) is 135 Å². The highest BCUT2D eigenvalue weighted by atomic mass is 16.6. The van der Waals surface area contributed by atoms with Gasteiger partial charge in [-0.05, 0) is 103 Å². The molecular formula is C69H73N9O14. The Labute approximate surface area is 531 Å². The Balaban J connectivity index is 0.732. The first-order valence-corrected chi connectivity index (χ1v) is 30.7. The number of fused-ring (bicyclic) bond motifs is 6. The molecule has 0 saturated carbocycles. The second-order valence-electron chi connectivity index (χ2n) is 23.6. The molecule has 3 unspecified atom stereocenters. The lowest BCUT2D eigenvalue weighted by atomic mass is 9.93. The van der Waals surface area contributed by atoms with Gasteiger partial charge in [0, 0.05) is 62.2 Å². The van der Waals surface area contributed by atoms with E-state index in [1.165, 1.54) is 44.1 Å². The number of aliphatic hydroxyl groups is 2. The number of benzene rings is 5. The van der Waals surface area contributed by atoms with E-state index in [1.807, 2.05) is 67.4 Å². The molecule has 5 N–H and O–H groups in total. The lowest BCUT2D eigenvalue weighted by molar-refractivity contribution is -0.137. The number of hydrogen-bond donors (Lipinski definition) is 5. The number of carbonyl (C=O) groups is 7. The second-order valence-corrected chi connectivity index (χ2v) is 23.6. The summed E-state index contributed by atoms with van der Waals surface area (Å²) in [5.41, 5.74) is 7.01. The Kier molecular flexibility index (Phi) is 19.4. The van der Waals surface area contributed by atoms with Gasteiger partial charge in [-0.1, -0.05) is 87.0 Å². The fourth-order valence-electron chi connectivity index (χ4n) is 12.1. The van der Waals surface area contributed by atoms with Crippen molar-refractivity contribution < 1.29 is 67.5 Å². The van der Waals surface area contributed by atoms with Crippen LogP contribution in [0.2, 0.25) is 0 Å². The third kappa shape index (κ3) is 14.0. The molecule has 5 aliphatic heterocycles. The van der Waals surface area contributed by atoms with Gasteiger partial charge >= 0.3 is 6.09 Å². The second kappa shape index (κ2) is 28.0. The number of unbranched alkanes of at least 4 members (excludes halogenated alkanes) is 2. The Morgan fingerprint density at radius 2 is 1.28 bits per heavy atom. The molecule has 0 aliphatic carbocycles. The third-order valence-corrected chi connectivity index (χ3v) is 17.2. The first-order chi connectivity index (χ1) is 44.4. The summed E-state index contributed by atoms with van der Waals surface area (Å²) in [7, 11) is 2.94. The smallest absolute Gasteiger partial charge is 0.416 e. The summed E-state index contributed by atoms with van der Waals surface area (Å²) < 4.78 is 30.2. The molecule has 5 aliphatic rings. The van der Waals surface area contributed by atoms with Crippen molar-refractivity contribution in [1.29, 1.82) is 0 Å². The zero-order valence-corrected chi connectivity index (χ0v) is 51.7. The van der Waals surface area contributed by atoms with Crippen molar-refractivity contribution in [1.82, 2.24) is 30.3 Å². The fourth-order valence-corrected chi connectivity index (χ4v) is 12.1. The lowest BCUT2D eigenvalue weighted by Crippen LogP contribution is -2.56. The number of aromatic nitrogens is 1. The topological polar surface area (TPSA) is 280 Å². The number of rotatable bonds is 23. The Morgan fingerprint density at radius 1 is 0.674 bits per heavy atom. The summed E-state index contributed by atoms with van der Waals surface area (Å²) in [6, 6.07) is 31.2. The van der Waals surface area contributed by atoms with E-state index in [0.717, 1.165) is 26.5 Å². The van der Waals surface area contributed by atoms with Gasteiger partial charge in [-0.15, -0.1) is 0 Å². The van der Waals surface area contributed by atoms with E-state index in [2.05, 4.69) is 22.0 Å². The summed E-state index contributed by atoms with van der Waals surface area (Å²) in [4.78, 5) is 108.